The van der Waals surface area contributed by atoms with Crippen LogP contribution >= 0.6 is 23.1 Å². The van der Waals surface area contributed by atoms with E-state index in [0.717, 1.165) is 36.6 Å². The van der Waals surface area contributed by atoms with Crippen LogP contribution in [0.15, 0.2) is 22.6 Å². The molecule has 2 aromatic rings. The molecule has 1 atom stereocenters. The number of hydrogen-bond donors (Lipinski definition) is 1. The first kappa shape index (κ1) is 20.9. The van der Waals surface area contributed by atoms with Gasteiger partial charge in [0.2, 0.25) is 5.91 Å². The van der Waals surface area contributed by atoms with Crippen molar-refractivity contribution in [2.75, 3.05) is 12.3 Å². The van der Waals surface area contributed by atoms with Crippen molar-refractivity contribution in [3.63, 3.8) is 0 Å². The van der Waals surface area contributed by atoms with Gasteiger partial charge < -0.3 is 5.32 Å². The molecule has 0 unspecified atom stereocenters. The molecule has 0 fully saturated rings. The summed E-state index contributed by atoms with van der Waals surface area (Å²) >= 11 is 2.45. The Bertz CT molecular complexity index is 966. The monoisotopic (exact) mass is 431 g/mol. The quantitative estimate of drug-likeness (QED) is 0.432. The minimum Gasteiger partial charge on any atom is -0.346 e. The van der Waals surface area contributed by atoms with Gasteiger partial charge in [0.1, 0.15) is 11.4 Å². The third-order valence-electron chi connectivity index (χ3n) is 4.51. The van der Waals surface area contributed by atoms with Gasteiger partial charge in [-0.25, -0.2) is 4.98 Å². The number of amides is 1. The average Bonchev–Trinajstić information content (AvgIpc) is 2.97. The Morgan fingerprint density at radius 2 is 2.25 bits per heavy atom. The molecule has 0 bridgehead atoms. The van der Waals surface area contributed by atoms with E-state index in [9.17, 15) is 22.8 Å². The molecule has 1 N–H and O–H groups in total. The van der Waals surface area contributed by atoms with Gasteiger partial charge in [0.25, 0.3) is 5.56 Å². The van der Waals surface area contributed by atoms with Gasteiger partial charge in [-0.2, -0.15) is 13.2 Å². The summed E-state index contributed by atoms with van der Waals surface area (Å²) in [6.45, 7) is 4.67. The van der Waals surface area contributed by atoms with Crippen LogP contribution < -0.4 is 10.9 Å². The van der Waals surface area contributed by atoms with Crippen LogP contribution in [0.3, 0.4) is 0 Å². The largest absolute Gasteiger partial charge is 0.405 e. The molecule has 1 amide bonds. The molecular weight excluding hydrogens is 411 g/mol. The fraction of sp³-hybridized carbons (Fsp3) is 0.500. The minimum absolute atomic E-state index is 0.185. The van der Waals surface area contributed by atoms with E-state index in [1.807, 2.05) is 5.32 Å². The number of carbonyl (C=O) groups excluding carboxylic acids is 1. The molecular formula is C18H20F3N3O2S2. The van der Waals surface area contributed by atoms with E-state index >= 15 is 0 Å². The van der Waals surface area contributed by atoms with E-state index in [1.54, 1.807) is 6.08 Å². The molecule has 0 saturated heterocycles. The van der Waals surface area contributed by atoms with E-state index in [0.29, 0.717) is 21.3 Å². The van der Waals surface area contributed by atoms with Crippen molar-refractivity contribution in [1.82, 2.24) is 14.9 Å². The van der Waals surface area contributed by atoms with Crippen LogP contribution in [-0.2, 0) is 24.2 Å². The highest BCUT2D eigenvalue weighted by Crippen LogP contribution is 2.36. The van der Waals surface area contributed by atoms with Crippen LogP contribution in [0, 0.1) is 5.92 Å². The van der Waals surface area contributed by atoms with Crippen LogP contribution in [0.2, 0.25) is 0 Å². The maximum atomic E-state index is 13.1. The molecule has 5 nitrogen and oxygen atoms in total. The molecule has 0 aromatic carbocycles. The first-order valence-corrected chi connectivity index (χ1v) is 10.6. The molecule has 0 saturated carbocycles. The van der Waals surface area contributed by atoms with Crippen molar-refractivity contribution in [3.8, 4) is 0 Å². The summed E-state index contributed by atoms with van der Waals surface area (Å²) in [5, 5.41) is 2.76. The third-order valence-corrected chi connectivity index (χ3v) is 6.63. The van der Waals surface area contributed by atoms with Gasteiger partial charge in [-0.3, -0.25) is 14.2 Å². The maximum Gasteiger partial charge on any atom is 0.405 e. The number of aryl methyl sites for hydroxylation is 1. The molecule has 28 heavy (non-hydrogen) atoms. The molecule has 0 aliphatic heterocycles. The van der Waals surface area contributed by atoms with Gasteiger partial charge in [-0.1, -0.05) is 24.8 Å². The summed E-state index contributed by atoms with van der Waals surface area (Å²) in [6, 6.07) is 0. The van der Waals surface area contributed by atoms with Crippen molar-refractivity contribution in [2.24, 2.45) is 5.92 Å². The van der Waals surface area contributed by atoms with Gasteiger partial charge in [0, 0.05) is 11.4 Å². The van der Waals surface area contributed by atoms with Gasteiger partial charge in [0.15, 0.2) is 5.16 Å². The summed E-state index contributed by atoms with van der Waals surface area (Å²) in [6.07, 6.45) is -0.123. The lowest BCUT2D eigenvalue weighted by atomic mass is 9.89. The lowest BCUT2D eigenvalue weighted by Crippen LogP contribution is -2.35. The summed E-state index contributed by atoms with van der Waals surface area (Å²) < 4.78 is 38.1. The second kappa shape index (κ2) is 8.28. The first-order valence-electron chi connectivity index (χ1n) is 8.82. The summed E-state index contributed by atoms with van der Waals surface area (Å²) in [5.41, 5.74) is 0.878. The number of nitrogens with zero attached hydrogens (tertiary/aromatic N) is 2. The second-order valence-corrected chi connectivity index (χ2v) is 8.84. The maximum absolute atomic E-state index is 13.1. The van der Waals surface area contributed by atoms with Crippen LogP contribution in [0.25, 0.3) is 10.2 Å². The van der Waals surface area contributed by atoms with E-state index in [4.69, 9.17) is 0 Å². The number of allylic oxidation sites excluding steroid dienone is 1. The standard InChI is InChI=1S/C18H20F3N3O2S2/c1-3-6-24-16(26)14-11-5-4-10(2)7-12(11)28-15(14)23-17(24)27-8-13(25)22-9-18(19,20)21/h3,10H,1,4-9H2,2H3,(H,22,25)/t10-/m0/s1. The lowest BCUT2D eigenvalue weighted by molar-refractivity contribution is -0.136. The van der Waals surface area contributed by atoms with Gasteiger partial charge >= 0.3 is 6.18 Å². The predicted octanol–water partition coefficient (Wildman–Crippen LogP) is 3.54. The zero-order valence-electron chi connectivity index (χ0n) is 15.3. The number of alkyl halides is 3. The number of fused-ring (bicyclic) bond motifs is 3. The normalized spacial score (nSPS) is 16.8. The fourth-order valence-electron chi connectivity index (χ4n) is 3.18. The smallest absolute Gasteiger partial charge is 0.346 e. The van der Waals surface area contributed by atoms with Crippen molar-refractivity contribution in [2.45, 2.75) is 44.1 Å². The molecule has 0 radical (unpaired) electrons. The number of carbonyl (C=O) groups is 1. The SMILES string of the molecule is C=CCn1c(SCC(=O)NCC(F)(F)F)nc2sc3c(c2c1=O)CC[C@H](C)C3. The lowest BCUT2D eigenvalue weighted by Gasteiger charge is -2.17. The number of thiophene rings is 1. The Morgan fingerprint density at radius 1 is 1.50 bits per heavy atom. The van der Waals surface area contributed by atoms with Gasteiger partial charge in [-0.05, 0) is 30.7 Å². The summed E-state index contributed by atoms with van der Waals surface area (Å²) in [5.74, 6) is -0.462. The van der Waals surface area contributed by atoms with Crippen LogP contribution in [0.1, 0.15) is 23.8 Å². The zero-order chi connectivity index (χ0) is 20.5. The summed E-state index contributed by atoms with van der Waals surface area (Å²) in [4.78, 5) is 31.1. The number of hydrogen-bond acceptors (Lipinski definition) is 5. The molecule has 152 valence electrons. The number of nitrogens with one attached hydrogen (secondary N) is 1. The first-order chi connectivity index (χ1) is 13.2. The van der Waals surface area contributed by atoms with Crippen molar-refractivity contribution < 1.29 is 18.0 Å². The fourth-order valence-corrected chi connectivity index (χ4v) is 5.45. The Kier molecular flexibility index (Phi) is 6.18. The van der Waals surface area contributed by atoms with Crippen molar-refractivity contribution in [1.29, 1.82) is 0 Å². The minimum atomic E-state index is -4.46. The Balaban J connectivity index is 1.89. The predicted molar refractivity (Wildman–Crippen MR) is 105 cm³/mol. The molecule has 0 spiro atoms. The van der Waals surface area contributed by atoms with E-state index in [1.165, 1.54) is 20.8 Å². The average molecular weight is 432 g/mol. The Morgan fingerprint density at radius 3 is 2.93 bits per heavy atom. The number of halogens is 3. The van der Waals surface area contributed by atoms with Crippen LogP contribution in [-0.4, -0.2) is 33.9 Å². The van der Waals surface area contributed by atoms with E-state index < -0.39 is 18.6 Å². The van der Waals surface area contributed by atoms with Crippen LogP contribution in [0.4, 0.5) is 13.2 Å². The third kappa shape index (κ3) is 4.60. The number of thioether (sulfide) groups is 1. The molecule has 1 aliphatic carbocycles. The highest BCUT2D eigenvalue weighted by molar-refractivity contribution is 7.99. The van der Waals surface area contributed by atoms with Crippen molar-refractivity contribution >= 4 is 39.2 Å². The summed E-state index contributed by atoms with van der Waals surface area (Å²) in [7, 11) is 0. The molecule has 2 heterocycles. The van der Waals surface area contributed by atoms with E-state index in [-0.39, 0.29) is 17.9 Å². The number of aromatic nitrogens is 2. The molecule has 2 aromatic heterocycles. The second-order valence-electron chi connectivity index (χ2n) is 6.81. The molecule has 1 aliphatic rings. The Labute approximate surface area is 168 Å². The highest BCUT2D eigenvalue weighted by Gasteiger charge is 2.28. The van der Waals surface area contributed by atoms with E-state index in [2.05, 4.69) is 18.5 Å². The number of rotatable bonds is 6. The zero-order valence-corrected chi connectivity index (χ0v) is 16.9. The van der Waals surface area contributed by atoms with Crippen LogP contribution in [0.5, 0.6) is 0 Å². The van der Waals surface area contributed by atoms with Gasteiger partial charge in [-0.15, -0.1) is 17.9 Å². The Hall–Kier alpha value is -1.81. The van der Waals surface area contributed by atoms with Gasteiger partial charge in [0.05, 0.1) is 11.1 Å². The van der Waals surface area contributed by atoms with Crippen molar-refractivity contribution in [3.05, 3.63) is 33.4 Å². The molecule has 10 heteroatoms. The topological polar surface area (TPSA) is 64.0 Å². The highest BCUT2D eigenvalue weighted by atomic mass is 32.2. The molecule has 3 rings (SSSR count).